The molecule has 9 heteroatoms. The molecule has 0 spiro atoms. The van der Waals surface area contributed by atoms with Gasteiger partial charge in [0.25, 0.3) is 11.8 Å². The van der Waals surface area contributed by atoms with Crippen molar-refractivity contribution >= 4 is 55.4 Å². The highest BCUT2D eigenvalue weighted by atomic mass is 32.1. The van der Waals surface area contributed by atoms with E-state index in [1.54, 1.807) is 11.3 Å². The smallest absolute Gasteiger partial charge is 0.261 e. The zero-order valence-electron chi connectivity index (χ0n) is 18.5. The number of hydrogen-bond donors (Lipinski definition) is 3. The first-order valence-corrected chi connectivity index (χ1v) is 12.6. The molecule has 2 fully saturated rings. The summed E-state index contributed by atoms with van der Waals surface area (Å²) in [7, 11) is 0. The van der Waals surface area contributed by atoms with E-state index in [0.29, 0.717) is 22.9 Å². The van der Waals surface area contributed by atoms with Crippen molar-refractivity contribution in [2.24, 2.45) is 0 Å². The molecule has 3 N–H and O–H groups in total. The molecular formula is C25H24N6O2S. The Balaban J connectivity index is 1.39. The van der Waals surface area contributed by atoms with Crippen LogP contribution in [-0.2, 0) is 9.59 Å². The summed E-state index contributed by atoms with van der Waals surface area (Å²) >= 11 is 1.56. The Morgan fingerprint density at radius 2 is 1.91 bits per heavy atom. The van der Waals surface area contributed by atoms with Gasteiger partial charge in [-0.15, -0.1) is 11.3 Å². The van der Waals surface area contributed by atoms with E-state index >= 15 is 0 Å². The maximum absolute atomic E-state index is 13.1. The minimum atomic E-state index is -0.382. The highest BCUT2D eigenvalue weighted by Crippen LogP contribution is 2.40. The monoisotopic (exact) mass is 472 g/mol. The Bertz CT molecular complexity index is 1490. The van der Waals surface area contributed by atoms with Crippen LogP contribution < -0.4 is 10.6 Å². The minimum absolute atomic E-state index is 0.250. The quantitative estimate of drug-likeness (QED) is 0.399. The standard InChI is InChI=1S/C25H24N6O2S/c32-24-20(17-13-27-18-6-10-34-23(17)18)21(25(33)28-24)22-16-3-1-2-4-19(16)31(29-22)14-5-8-30-9-7-26-12-15(30)11-14/h1-4,6,10,13-15,26-27H,5,7-9,11-12H2,(H,28,32,33). The fraction of sp³-hybridized carbons (Fsp3) is 0.320. The number of nitrogens with one attached hydrogen (secondary N) is 3. The number of aromatic amines is 1. The van der Waals surface area contributed by atoms with Crippen molar-refractivity contribution in [3.05, 3.63) is 53.2 Å². The number of thiophene rings is 1. The van der Waals surface area contributed by atoms with Crippen LogP contribution in [-0.4, -0.2) is 63.7 Å². The van der Waals surface area contributed by atoms with Crippen LogP contribution in [0.25, 0.3) is 32.3 Å². The van der Waals surface area contributed by atoms with E-state index in [1.807, 2.05) is 35.8 Å². The number of piperazine rings is 1. The van der Waals surface area contributed by atoms with Gasteiger partial charge in [-0.3, -0.25) is 24.5 Å². The Morgan fingerprint density at radius 3 is 2.85 bits per heavy atom. The number of carbonyl (C=O) groups excluding carboxylic acids is 2. The summed E-state index contributed by atoms with van der Waals surface area (Å²) in [4.78, 5) is 31.9. The van der Waals surface area contributed by atoms with E-state index in [2.05, 4.69) is 31.3 Å². The van der Waals surface area contributed by atoms with E-state index in [9.17, 15) is 9.59 Å². The van der Waals surface area contributed by atoms with Crippen LogP contribution in [0.5, 0.6) is 0 Å². The Morgan fingerprint density at radius 1 is 1.03 bits per heavy atom. The highest BCUT2D eigenvalue weighted by molar-refractivity contribution is 7.17. The number of carbonyl (C=O) groups is 2. The van der Waals surface area contributed by atoms with E-state index in [1.165, 1.54) is 0 Å². The lowest BCUT2D eigenvalue weighted by atomic mass is 9.95. The maximum atomic E-state index is 13.1. The number of H-pyrrole nitrogens is 1. The van der Waals surface area contributed by atoms with Crippen LogP contribution in [0.15, 0.2) is 41.9 Å². The third-order valence-electron chi connectivity index (χ3n) is 7.44. The second kappa shape index (κ2) is 7.63. The van der Waals surface area contributed by atoms with Crippen LogP contribution in [0, 0.1) is 0 Å². The van der Waals surface area contributed by atoms with Gasteiger partial charge in [0.2, 0.25) is 0 Å². The fourth-order valence-corrected chi connectivity index (χ4v) is 6.70. The summed E-state index contributed by atoms with van der Waals surface area (Å²) in [6.45, 7) is 4.19. The zero-order chi connectivity index (χ0) is 22.8. The normalized spacial score (nSPS) is 23.8. The van der Waals surface area contributed by atoms with Gasteiger partial charge in [0, 0.05) is 49.4 Å². The molecule has 7 rings (SSSR count). The number of hydrogen-bond acceptors (Lipinski definition) is 6. The van der Waals surface area contributed by atoms with Crippen molar-refractivity contribution < 1.29 is 9.59 Å². The number of imide groups is 1. The van der Waals surface area contributed by atoms with E-state index in [0.717, 1.165) is 65.7 Å². The van der Waals surface area contributed by atoms with Gasteiger partial charge in [-0.05, 0) is 30.4 Å². The predicted octanol–water partition coefficient (Wildman–Crippen LogP) is 2.76. The van der Waals surface area contributed by atoms with Crippen LogP contribution in [0.4, 0.5) is 0 Å². The van der Waals surface area contributed by atoms with Crippen molar-refractivity contribution in [1.29, 1.82) is 0 Å². The summed E-state index contributed by atoms with van der Waals surface area (Å²) in [6.07, 6.45) is 3.86. The second-order valence-electron chi connectivity index (χ2n) is 9.28. The summed E-state index contributed by atoms with van der Waals surface area (Å²) < 4.78 is 3.08. The van der Waals surface area contributed by atoms with Gasteiger partial charge in [-0.25, -0.2) is 0 Å². The van der Waals surface area contributed by atoms with Crippen LogP contribution in [0.2, 0.25) is 0 Å². The number of para-hydroxylation sites is 1. The first kappa shape index (κ1) is 20.1. The molecule has 4 aromatic rings. The van der Waals surface area contributed by atoms with Crippen molar-refractivity contribution in [1.82, 2.24) is 30.3 Å². The van der Waals surface area contributed by atoms with E-state index in [4.69, 9.17) is 5.10 Å². The molecule has 3 aromatic heterocycles. The molecule has 3 aliphatic heterocycles. The van der Waals surface area contributed by atoms with Gasteiger partial charge in [-0.1, -0.05) is 18.2 Å². The summed E-state index contributed by atoms with van der Waals surface area (Å²) in [5.41, 5.74) is 4.08. The maximum Gasteiger partial charge on any atom is 0.261 e. The Labute approximate surface area is 199 Å². The molecule has 8 nitrogen and oxygen atoms in total. The number of nitrogens with zero attached hydrogens (tertiary/aromatic N) is 3. The van der Waals surface area contributed by atoms with Crippen LogP contribution in [0.1, 0.15) is 30.1 Å². The SMILES string of the molecule is O=C1NC(=O)C(c2c[nH]c3ccsc23)=C1c1nn(C2CCN3CCNCC3C2)c2ccccc12. The minimum Gasteiger partial charge on any atom is -0.360 e. The average Bonchev–Trinajstić information content (AvgIpc) is 3.61. The largest absolute Gasteiger partial charge is 0.360 e. The zero-order valence-corrected chi connectivity index (χ0v) is 19.3. The molecule has 2 unspecified atom stereocenters. The summed E-state index contributed by atoms with van der Waals surface area (Å²) in [5, 5.41) is 14.0. The van der Waals surface area contributed by atoms with Crippen molar-refractivity contribution in [2.45, 2.75) is 24.9 Å². The second-order valence-corrected chi connectivity index (χ2v) is 10.2. The van der Waals surface area contributed by atoms with Gasteiger partial charge >= 0.3 is 0 Å². The molecule has 6 heterocycles. The van der Waals surface area contributed by atoms with Crippen LogP contribution >= 0.6 is 11.3 Å². The van der Waals surface area contributed by atoms with E-state index < -0.39 is 0 Å². The van der Waals surface area contributed by atoms with E-state index in [-0.39, 0.29) is 17.9 Å². The number of piperidine rings is 1. The van der Waals surface area contributed by atoms with Crippen molar-refractivity contribution in [2.75, 3.05) is 26.2 Å². The number of fused-ring (bicyclic) bond motifs is 3. The molecule has 2 atom stereocenters. The lowest BCUT2D eigenvalue weighted by Gasteiger charge is -2.42. The third-order valence-corrected chi connectivity index (χ3v) is 8.39. The third kappa shape index (κ3) is 2.94. The van der Waals surface area contributed by atoms with Gasteiger partial charge in [0.05, 0.1) is 32.9 Å². The predicted molar refractivity (Wildman–Crippen MR) is 132 cm³/mol. The molecule has 0 radical (unpaired) electrons. The Hall–Kier alpha value is -3.27. The molecular weight excluding hydrogens is 448 g/mol. The van der Waals surface area contributed by atoms with Crippen molar-refractivity contribution in [3.8, 4) is 0 Å². The molecule has 2 amide bonds. The lowest BCUT2D eigenvalue weighted by Crippen LogP contribution is -2.54. The lowest BCUT2D eigenvalue weighted by molar-refractivity contribution is -0.122. The number of amides is 2. The molecule has 34 heavy (non-hydrogen) atoms. The molecule has 0 aliphatic carbocycles. The number of aromatic nitrogens is 3. The van der Waals surface area contributed by atoms with Crippen LogP contribution in [0.3, 0.4) is 0 Å². The topological polar surface area (TPSA) is 95.0 Å². The van der Waals surface area contributed by atoms with Gasteiger partial charge in [0.15, 0.2) is 0 Å². The molecule has 1 aromatic carbocycles. The summed E-state index contributed by atoms with van der Waals surface area (Å²) in [5.74, 6) is -0.748. The Kier molecular flexibility index (Phi) is 4.52. The first-order valence-electron chi connectivity index (χ1n) is 11.8. The number of rotatable bonds is 3. The van der Waals surface area contributed by atoms with Gasteiger partial charge in [0.1, 0.15) is 5.69 Å². The first-order chi connectivity index (χ1) is 16.7. The number of benzene rings is 1. The molecule has 3 aliphatic rings. The highest BCUT2D eigenvalue weighted by Gasteiger charge is 2.38. The molecule has 0 bridgehead atoms. The van der Waals surface area contributed by atoms with Crippen molar-refractivity contribution in [3.63, 3.8) is 0 Å². The fourth-order valence-electron chi connectivity index (χ4n) is 5.82. The average molecular weight is 473 g/mol. The molecule has 172 valence electrons. The van der Waals surface area contributed by atoms with Gasteiger partial charge < -0.3 is 10.3 Å². The molecule has 2 saturated heterocycles. The summed E-state index contributed by atoms with van der Waals surface area (Å²) in [6, 6.07) is 10.8. The molecule has 0 saturated carbocycles. The van der Waals surface area contributed by atoms with Gasteiger partial charge in [-0.2, -0.15) is 5.10 Å².